The van der Waals surface area contributed by atoms with Gasteiger partial charge in [-0.25, -0.2) is 13.4 Å². The van der Waals surface area contributed by atoms with Crippen molar-refractivity contribution in [3.05, 3.63) is 77.6 Å². The molecule has 1 amide bonds. The summed E-state index contributed by atoms with van der Waals surface area (Å²) in [5.74, 6) is 0.574. The Morgan fingerprint density at radius 3 is 2.51 bits per heavy atom. The molecule has 0 aliphatic carbocycles. The molecule has 4 rings (SSSR count). The lowest BCUT2D eigenvalue weighted by Gasteiger charge is -2.26. The van der Waals surface area contributed by atoms with Crippen LogP contribution in [0, 0.1) is 5.92 Å². The van der Waals surface area contributed by atoms with Crippen LogP contribution in [-0.4, -0.2) is 55.1 Å². The molecule has 1 unspecified atom stereocenters. The summed E-state index contributed by atoms with van der Waals surface area (Å²) in [5, 5.41) is 0.0361. The summed E-state index contributed by atoms with van der Waals surface area (Å²) in [4.78, 5) is 19.7. The molecular formula is C28H35N3O5S. The van der Waals surface area contributed by atoms with Gasteiger partial charge in [0.05, 0.1) is 37.4 Å². The van der Waals surface area contributed by atoms with Crippen LogP contribution >= 0.6 is 0 Å². The Hall–Kier alpha value is -3.17. The van der Waals surface area contributed by atoms with Crippen LogP contribution in [0.2, 0.25) is 0 Å². The molecule has 0 radical (unpaired) electrons. The first-order valence-corrected chi connectivity index (χ1v) is 14.3. The molecule has 8 nitrogen and oxygen atoms in total. The number of imidazole rings is 1. The Kier molecular flexibility index (Phi) is 8.66. The van der Waals surface area contributed by atoms with E-state index in [-0.39, 0.29) is 35.4 Å². The lowest BCUT2D eigenvalue weighted by molar-refractivity contribution is 0.0501. The first-order valence-electron chi connectivity index (χ1n) is 12.6. The van der Waals surface area contributed by atoms with Crippen LogP contribution in [0.5, 0.6) is 5.75 Å². The van der Waals surface area contributed by atoms with Crippen LogP contribution in [0.1, 0.15) is 48.3 Å². The molecule has 9 heteroatoms. The van der Waals surface area contributed by atoms with Gasteiger partial charge in [-0.3, -0.25) is 4.79 Å². The summed E-state index contributed by atoms with van der Waals surface area (Å²) in [7, 11) is -2.11. The van der Waals surface area contributed by atoms with Gasteiger partial charge in [0.25, 0.3) is 5.91 Å². The molecule has 198 valence electrons. The summed E-state index contributed by atoms with van der Waals surface area (Å²) < 4.78 is 39.6. The predicted octanol–water partition coefficient (Wildman–Crippen LogP) is 4.34. The van der Waals surface area contributed by atoms with Gasteiger partial charge in [0.15, 0.2) is 0 Å². The van der Waals surface area contributed by atoms with Crippen molar-refractivity contribution >= 4 is 15.7 Å². The van der Waals surface area contributed by atoms with Crippen molar-refractivity contribution in [2.75, 3.05) is 20.3 Å². The normalized spacial score (nSPS) is 15.7. The fourth-order valence-corrected chi connectivity index (χ4v) is 6.05. The molecular weight excluding hydrogens is 490 g/mol. The molecule has 2 aromatic carbocycles. The van der Waals surface area contributed by atoms with Crippen molar-refractivity contribution in [1.29, 1.82) is 0 Å². The highest BCUT2D eigenvalue weighted by atomic mass is 32.2. The maximum Gasteiger partial charge on any atom is 0.254 e. The third-order valence-electron chi connectivity index (χ3n) is 6.35. The van der Waals surface area contributed by atoms with E-state index < -0.39 is 9.84 Å². The van der Waals surface area contributed by atoms with Crippen LogP contribution in [0.15, 0.2) is 66.0 Å². The molecule has 1 fully saturated rings. The van der Waals surface area contributed by atoms with E-state index in [0.717, 1.165) is 12.8 Å². The van der Waals surface area contributed by atoms with E-state index >= 15 is 0 Å². The minimum atomic E-state index is -3.70. The topological polar surface area (TPSA) is 90.7 Å². The molecule has 3 aromatic rings. The molecule has 0 spiro atoms. The fraction of sp³-hybridized carbons (Fsp3) is 0.429. The van der Waals surface area contributed by atoms with Crippen molar-refractivity contribution in [2.24, 2.45) is 5.92 Å². The zero-order valence-electron chi connectivity index (χ0n) is 21.7. The Labute approximate surface area is 219 Å². The SMILES string of the molecule is COc1ccc(C(=O)N(Cc2cnc(S(=O)(=O)Cc3ccccc3)n2CC(C)C)CC2CCCO2)cc1. The summed E-state index contributed by atoms with van der Waals surface area (Å²) in [6.45, 7) is 5.87. The van der Waals surface area contributed by atoms with Crippen molar-refractivity contribution in [2.45, 2.75) is 56.8 Å². The third kappa shape index (κ3) is 6.78. The molecule has 1 saturated heterocycles. The van der Waals surface area contributed by atoms with Crippen LogP contribution in [0.4, 0.5) is 0 Å². The van der Waals surface area contributed by atoms with E-state index in [1.54, 1.807) is 59.2 Å². The van der Waals surface area contributed by atoms with E-state index in [1.165, 1.54) is 0 Å². The number of aromatic nitrogens is 2. The van der Waals surface area contributed by atoms with Crippen LogP contribution in [-0.2, 0) is 33.4 Å². The lowest BCUT2D eigenvalue weighted by Crippen LogP contribution is -2.37. The molecule has 1 aliphatic rings. The average molecular weight is 526 g/mol. The summed E-state index contributed by atoms with van der Waals surface area (Å²) in [6.07, 6.45) is 3.38. The van der Waals surface area contributed by atoms with Gasteiger partial charge in [-0.1, -0.05) is 44.2 Å². The van der Waals surface area contributed by atoms with Gasteiger partial charge in [0.1, 0.15) is 5.75 Å². The van der Waals surface area contributed by atoms with Gasteiger partial charge < -0.3 is 18.9 Å². The molecule has 1 aliphatic heterocycles. The second-order valence-corrected chi connectivity index (χ2v) is 11.7. The monoisotopic (exact) mass is 525 g/mol. The zero-order chi connectivity index (χ0) is 26.4. The minimum absolute atomic E-state index is 0.0361. The second-order valence-electron chi connectivity index (χ2n) is 9.83. The molecule has 0 N–H and O–H groups in total. The largest absolute Gasteiger partial charge is 0.497 e. The fourth-order valence-electron chi connectivity index (χ4n) is 4.55. The molecule has 0 saturated carbocycles. The number of amides is 1. The number of hydrogen-bond donors (Lipinski definition) is 0. The van der Waals surface area contributed by atoms with E-state index in [2.05, 4.69) is 4.98 Å². The number of ether oxygens (including phenoxy) is 2. The molecule has 0 bridgehead atoms. The average Bonchev–Trinajstić information content (AvgIpc) is 3.54. The molecule has 2 heterocycles. The standard InChI is InChI=1S/C28H35N3O5S/c1-21(2)17-31-24(16-29-28(31)37(33,34)20-22-8-5-4-6-9-22)18-30(19-26-10-7-15-36-26)27(32)23-11-13-25(35-3)14-12-23/h4-6,8-9,11-14,16,21,26H,7,10,15,17-20H2,1-3H3. The quantitative estimate of drug-likeness (QED) is 0.370. The summed E-state index contributed by atoms with van der Waals surface area (Å²) in [5.41, 5.74) is 1.92. The van der Waals surface area contributed by atoms with E-state index in [9.17, 15) is 13.2 Å². The predicted molar refractivity (Wildman–Crippen MR) is 141 cm³/mol. The highest BCUT2D eigenvalue weighted by molar-refractivity contribution is 7.90. The van der Waals surface area contributed by atoms with Crippen molar-refractivity contribution in [1.82, 2.24) is 14.5 Å². The van der Waals surface area contributed by atoms with Gasteiger partial charge in [0, 0.05) is 25.3 Å². The highest BCUT2D eigenvalue weighted by Gasteiger charge is 2.28. The lowest BCUT2D eigenvalue weighted by atomic mass is 10.1. The van der Waals surface area contributed by atoms with E-state index in [0.29, 0.717) is 42.3 Å². The van der Waals surface area contributed by atoms with E-state index in [4.69, 9.17) is 9.47 Å². The molecule has 1 aromatic heterocycles. The third-order valence-corrected chi connectivity index (χ3v) is 7.95. The number of benzene rings is 2. The number of nitrogens with zero attached hydrogens (tertiary/aromatic N) is 3. The minimum Gasteiger partial charge on any atom is -0.497 e. The number of sulfone groups is 1. The van der Waals surface area contributed by atoms with Crippen LogP contribution in [0.3, 0.4) is 0 Å². The van der Waals surface area contributed by atoms with Crippen molar-refractivity contribution in [3.63, 3.8) is 0 Å². The Balaban J connectivity index is 1.65. The van der Waals surface area contributed by atoms with Crippen molar-refractivity contribution in [3.8, 4) is 5.75 Å². The number of methoxy groups -OCH3 is 1. The molecule has 37 heavy (non-hydrogen) atoms. The Morgan fingerprint density at radius 2 is 1.89 bits per heavy atom. The maximum absolute atomic E-state index is 13.6. The maximum atomic E-state index is 13.6. The summed E-state index contributed by atoms with van der Waals surface area (Å²) in [6, 6.07) is 16.1. The van der Waals surface area contributed by atoms with Crippen LogP contribution in [0.25, 0.3) is 0 Å². The van der Waals surface area contributed by atoms with Gasteiger partial charge in [0.2, 0.25) is 15.0 Å². The molecule has 1 atom stereocenters. The van der Waals surface area contributed by atoms with Gasteiger partial charge >= 0.3 is 0 Å². The second kappa shape index (κ2) is 11.9. The highest BCUT2D eigenvalue weighted by Crippen LogP contribution is 2.23. The van der Waals surface area contributed by atoms with E-state index in [1.807, 2.05) is 32.0 Å². The first-order chi connectivity index (χ1) is 17.8. The number of carbonyl (C=O) groups excluding carboxylic acids is 1. The van der Waals surface area contributed by atoms with Gasteiger partial charge in [-0.2, -0.15) is 0 Å². The Morgan fingerprint density at radius 1 is 1.16 bits per heavy atom. The van der Waals surface area contributed by atoms with Gasteiger partial charge in [-0.15, -0.1) is 0 Å². The summed E-state index contributed by atoms with van der Waals surface area (Å²) >= 11 is 0. The number of rotatable bonds is 11. The zero-order valence-corrected chi connectivity index (χ0v) is 22.5. The van der Waals surface area contributed by atoms with Crippen molar-refractivity contribution < 1.29 is 22.7 Å². The number of carbonyl (C=O) groups is 1. The Bertz CT molecular complexity index is 1280. The van der Waals surface area contributed by atoms with Gasteiger partial charge in [-0.05, 0) is 48.6 Å². The first kappa shape index (κ1) is 26.9. The number of hydrogen-bond acceptors (Lipinski definition) is 6. The van der Waals surface area contributed by atoms with Crippen LogP contribution < -0.4 is 4.74 Å². The smallest absolute Gasteiger partial charge is 0.254 e.